The molecule has 0 aliphatic rings. The Hall–Kier alpha value is -0.920. The molecule has 2 rings (SSSR count). The van der Waals surface area contributed by atoms with Crippen LogP contribution in [0.15, 0.2) is 37.7 Å². The molecule has 1 heterocycles. The Morgan fingerprint density at radius 1 is 1.18 bits per heavy atom. The Kier molecular flexibility index (Phi) is 5.63. The zero-order valence-electron chi connectivity index (χ0n) is 11.8. The van der Waals surface area contributed by atoms with E-state index in [9.17, 15) is 9.59 Å². The predicted octanol–water partition coefficient (Wildman–Crippen LogP) is 4.26. The van der Waals surface area contributed by atoms with E-state index in [-0.39, 0.29) is 18.2 Å². The lowest BCUT2D eigenvalue weighted by molar-refractivity contribution is -0.139. The number of carbonyl (C=O) groups is 2. The van der Waals surface area contributed by atoms with Gasteiger partial charge < -0.3 is 9.30 Å². The van der Waals surface area contributed by atoms with Gasteiger partial charge >= 0.3 is 5.97 Å². The molecule has 116 valence electrons. The van der Waals surface area contributed by atoms with Gasteiger partial charge in [0, 0.05) is 31.7 Å². The van der Waals surface area contributed by atoms with Gasteiger partial charge in [-0.1, -0.05) is 15.9 Å². The largest absolute Gasteiger partial charge is 0.469 e. The van der Waals surface area contributed by atoms with Gasteiger partial charge in [-0.2, -0.15) is 0 Å². The number of hydrogen-bond acceptors (Lipinski definition) is 3. The molecule has 0 unspecified atom stereocenters. The monoisotopic (exact) mass is 491 g/mol. The first-order valence-corrected chi connectivity index (χ1v) is 8.63. The third kappa shape index (κ3) is 3.52. The summed E-state index contributed by atoms with van der Waals surface area (Å²) >= 11 is 10.2. The van der Waals surface area contributed by atoms with Gasteiger partial charge in [0.1, 0.15) is 0 Å². The van der Waals surface area contributed by atoms with Crippen molar-refractivity contribution < 1.29 is 14.3 Å². The van der Waals surface area contributed by atoms with Crippen LogP contribution >= 0.6 is 47.8 Å². The smallest absolute Gasteiger partial charge is 0.311 e. The Balaban J connectivity index is 2.41. The molecule has 0 amide bonds. The molecule has 1 aromatic heterocycles. The summed E-state index contributed by atoms with van der Waals surface area (Å²) in [5.74, 6) is -0.473. The number of nitrogens with zero attached hydrogens (tertiary/aromatic N) is 1. The molecule has 0 bridgehead atoms. The van der Waals surface area contributed by atoms with Crippen molar-refractivity contribution in [3.63, 3.8) is 0 Å². The minimum absolute atomic E-state index is 0.129. The Morgan fingerprint density at radius 2 is 1.86 bits per heavy atom. The van der Waals surface area contributed by atoms with Crippen molar-refractivity contribution >= 4 is 59.5 Å². The second kappa shape index (κ2) is 7.10. The number of hydrogen-bond donors (Lipinski definition) is 0. The van der Waals surface area contributed by atoms with E-state index in [1.807, 2.05) is 6.07 Å². The molecule has 0 atom stereocenters. The fraction of sp³-hybridized carbons (Fsp3) is 0.200. The highest BCUT2D eigenvalue weighted by Gasteiger charge is 2.20. The van der Waals surface area contributed by atoms with Crippen LogP contribution in [0.4, 0.5) is 0 Å². The van der Waals surface area contributed by atoms with Gasteiger partial charge in [-0.25, -0.2) is 0 Å². The summed E-state index contributed by atoms with van der Waals surface area (Å²) in [7, 11) is 3.10. The number of aromatic nitrogens is 1. The van der Waals surface area contributed by atoms with Crippen LogP contribution in [0.25, 0.3) is 0 Å². The fourth-order valence-electron chi connectivity index (χ4n) is 2.04. The van der Waals surface area contributed by atoms with Crippen molar-refractivity contribution in [3.8, 4) is 0 Å². The summed E-state index contributed by atoms with van der Waals surface area (Å²) in [6.45, 7) is 0. The van der Waals surface area contributed by atoms with Crippen molar-refractivity contribution in [2.45, 2.75) is 6.42 Å². The minimum Gasteiger partial charge on any atom is -0.469 e. The molecular weight excluding hydrogens is 482 g/mol. The standard InChI is InChI=1S/C15H12Br3NO3/c1-19-9(7-13(20)22-2)3-4-12(19)15(21)10-5-8(16)6-11(17)14(10)18/h3-6H,7H2,1-2H3. The predicted molar refractivity (Wildman–Crippen MR) is 94.1 cm³/mol. The Labute approximate surface area is 153 Å². The van der Waals surface area contributed by atoms with E-state index in [2.05, 4.69) is 52.5 Å². The van der Waals surface area contributed by atoms with E-state index in [4.69, 9.17) is 0 Å². The molecular formula is C15H12Br3NO3. The summed E-state index contributed by atoms with van der Waals surface area (Å²) in [5, 5.41) is 0. The summed E-state index contributed by atoms with van der Waals surface area (Å²) in [6.07, 6.45) is 0.129. The molecule has 0 saturated heterocycles. The minimum atomic E-state index is -0.341. The van der Waals surface area contributed by atoms with Crippen molar-refractivity contribution in [1.82, 2.24) is 4.57 Å². The van der Waals surface area contributed by atoms with Gasteiger partial charge in [-0.15, -0.1) is 0 Å². The van der Waals surface area contributed by atoms with Gasteiger partial charge in [0.15, 0.2) is 0 Å². The maximum Gasteiger partial charge on any atom is 0.311 e. The molecule has 4 nitrogen and oxygen atoms in total. The van der Waals surface area contributed by atoms with Crippen LogP contribution in [0, 0.1) is 0 Å². The van der Waals surface area contributed by atoms with Crippen LogP contribution in [-0.2, 0) is 23.0 Å². The van der Waals surface area contributed by atoms with E-state index in [1.165, 1.54) is 7.11 Å². The lowest BCUT2D eigenvalue weighted by Crippen LogP contribution is -2.13. The summed E-state index contributed by atoms with van der Waals surface area (Å²) < 4.78 is 8.64. The number of esters is 1. The summed E-state index contributed by atoms with van der Waals surface area (Å²) in [4.78, 5) is 24.1. The van der Waals surface area contributed by atoms with Crippen LogP contribution in [0.3, 0.4) is 0 Å². The van der Waals surface area contributed by atoms with E-state index >= 15 is 0 Å². The van der Waals surface area contributed by atoms with Crippen molar-refractivity contribution in [2.75, 3.05) is 7.11 Å². The quantitative estimate of drug-likeness (QED) is 0.363. The third-order valence-electron chi connectivity index (χ3n) is 3.25. The fourth-order valence-corrected chi connectivity index (χ4v) is 3.67. The number of ether oxygens (including phenoxy) is 1. The SMILES string of the molecule is COC(=O)Cc1ccc(C(=O)c2cc(Br)cc(Br)c2Br)n1C. The summed E-state index contributed by atoms with van der Waals surface area (Å²) in [5.41, 5.74) is 1.76. The lowest BCUT2D eigenvalue weighted by atomic mass is 10.1. The average molecular weight is 494 g/mol. The van der Waals surface area contributed by atoms with Gasteiger partial charge in [0.05, 0.1) is 19.2 Å². The van der Waals surface area contributed by atoms with Crippen LogP contribution in [0.1, 0.15) is 21.7 Å². The van der Waals surface area contributed by atoms with E-state index in [0.717, 1.165) is 14.6 Å². The molecule has 0 aliphatic heterocycles. The normalized spacial score (nSPS) is 10.6. The first-order chi connectivity index (χ1) is 10.3. The molecule has 0 N–H and O–H groups in total. The molecule has 2 aromatic rings. The Bertz CT molecular complexity index is 753. The van der Waals surface area contributed by atoms with Crippen molar-refractivity contribution in [1.29, 1.82) is 0 Å². The lowest BCUT2D eigenvalue weighted by Gasteiger charge is -2.09. The van der Waals surface area contributed by atoms with E-state index in [0.29, 0.717) is 15.7 Å². The highest BCUT2D eigenvalue weighted by Crippen LogP contribution is 2.32. The molecule has 22 heavy (non-hydrogen) atoms. The van der Waals surface area contributed by atoms with E-state index < -0.39 is 0 Å². The van der Waals surface area contributed by atoms with Crippen LogP contribution < -0.4 is 0 Å². The molecule has 0 saturated carbocycles. The number of carbonyl (C=O) groups excluding carboxylic acids is 2. The molecule has 1 aromatic carbocycles. The molecule has 0 aliphatic carbocycles. The van der Waals surface area contributed by atoms with E-state index in [1.54, 1.807) is 29.8 Å². The second-order valence-corrected chi connectivity index (χ2v) is 7.16. The van der Waals surface area contributed by atoms with Crippen LogP contribution in [0.2, 0.25) is 0 Å². The number of methoxy groups -OCH3 is 1. The molecule has 7 heteroatoms. The van der Waals surface area contributed by atoms with Gasteiger partial charge in [0.2, 0.25) is 5.78 Å². The summed E-state index contributed by atoms with van der Waals surface area (Å²) in [6, 6.07) is 7.08. The first-order valence-electron chi connectivity index (χ1n) is 6.25. The van der Waals surface area contributed by atoms with Gasteiger partial charge in [0.25, 0.3) is 0 Å². The highest BCUT2D eigenvalue weighted by molar-refractivity contribution is 9.13. The zero-order valence-corrected chi connectivity index (χ0v) is 16.6. The second-order valence-electron chi connectivity index (χ2n) is 4.60. The van der Waals surface area contributed by atoms with Crippen molar-refractivity contribution in [3.05, 3.63) is 54.6 Å². The Morgan fingerprint density at radius 3 is 2.50 bits per heavy atom. The van der Waals surface area contributed by atoms with Gasteiger partial charge in [-0.05, 0) is 56.1 Å². The average Bonchev–Trinajstić information content (AvgIpc) is 2.83. The number of rotatable bonds is 4. The molecule has 0 spiro atoms. The maximum atomic E-state index is 12.8. The van der Waals surface area contributed by atoms with Crippen LogP contribution in [-0.4, -0.2) is 23.4 Å². The van der Waals surface area contributed by atoms with Crippen LogP contribution in [0.5, 0.6) is 0 Å². The molecule has 0 fully saturated rings. The molecule has 0 radical (unpaired) electrons. The van der Waals surface area contributed by atoms with Crippen molar-refractivity contribution in [2.24, 2.45) is 7.05 Å². The number of ketones is 1. The highest BCUT2D eigenvalue weighted by atomic mass is 79.9. The first kappa shape index (κ1) is 17.4. The topological polar surface area (TPSA) is 48.3 Å². The van der Waals surface area contributed by atoms with Gasteiger partial charge in [-0.3, -0.25) is 9.59 Å². The maximum absolute atomic E-state index is 12.8. The number of halogens is 3. The zero-order chi connectivity index (χ0) is 16.4. The third-order valence-corrected chi connectivity index (χ3v) is 5.72. The number of benzene rings is 1.